The molecule has 0 saturated carbocycles. The number of hydrogen-bond donors (Lipinski definition) is 0. The Morgan fingerprint density at radius 3 is 2.81 bits per heavy atom. The van der Waals surface area contributed by atoms with E-state index in [1.807, 2.05) is 18.0 Å². The Hall–Kier alpha value is -1.13. The SMILES string of the molecule is CN(Cc1ccccc1F)c1nc(Cl)cs1. The Labute approximate surface area is 102 Å². The molecule has 84 valence electrons. The lowest BCUT2D eigenvalue weighted by molar-refractivity contribution is 0.608. The van der Waals surface area contributed by atoms with E-state index in [0.717, 1.165) is 5.13 Å². The minimum absolute atomic E-state index is 0.197. The molecule has 0 aliphatic heterocycles. The van der Waals surface area contributed by atoms with Gasteiger partial charge in [-0.1, -0.05) is 29.8 Å². The van der Waals surface area contributed by atoms with Crippen LogP contribution in [-0.4, -0.2) is 12.0 Å². The summed E-state index contributed by atoms with van der Waals surface area (Å²) < 4.78 is 13.4. The molecule has 0 saturated heterocycles. The number of rotatable bonds is 3. The normalized spacial score (nSPS) is 10.4. The topological polar surface area (TPSA) is 16.1 Å². The highest BCUT2D eigenvalue weighted by molar-refractivity contribution is 7.14. The second kappa shape index (κ2) is 4.80. The lowest BCUT2D eigenvalue weighted by atomic mass is 10.2. The van der Waals surface area contributed by atoms with Gasteiger partial charge in [-0.25, -0.2) is 9.37 Å². The average molecular weight is 257 g/mol. The fourth-order valence-corrected chi connectivity index (χ4v) is 2.29. The smallest absolute Gasteiger partial charge is 0.186 e. The van der Waals surface area contributed by atoms with Crippen LogP contribution in [0.5, 0.6) is 0 Å². The molecule has 0 aliphatic rings. The van der Waals surface area contributed by atoms with Crippen molar-refractivity contribution in [3.63, 3.8) is 0 Å². The summed E-state index contributed by atoms with van der Waals surface area (Å²) in [6.07, 6.45) is 0. The molecule has 16 heavy (non-hydrogen) atoms. The van der Waals surface area contributed by atoms with E-state index in [0.29, 0.717) is 17.3 Å². The monoisotopic (exact) mass is 256 g/mol. The molecule has 0 unspecified atom stereocenters. The van der Waals surface area contributed by atoms with Gasteiger partial charge in [0.05, 0.1) is 0 Å². The van der Waals surface area contributed by atoms with Crippen LogP contribution in [0.2, 0.25) is 5.15 Å². The van der Waals surface area contributed by atoms with E-state index in [9.17, 15) is 4.39 Å². The minimum atomic E-state index is -0.197. The summed E-state index contributed by atoms with van der Waals surface area (Å²) in [7, 11) is 1.86. The Kier molecular flexibility index (Phi) is 3.41. The van der Waals surface area contributed by atoms with Crippen molar-refractivity contribution in [1.29, 1.82) is 0 Å². The van der Waals surface area contributed by atoms with Crippen molar-refractivity contribution >= 4 is 28.1 Å². The first-order chi connectivity index (χ1) is 7.66. The van der Waals surface area contributed by atoms with E-state index >= 15 is 0 Å². The fraction of sp³-hybridized carbons (Fsp3) is 0.182. The van der Waals surface area contributed by atoms with Crippen LogP contribution in [0.3, 0.4) is 0 Å². The summed E-state index contributed by atoms with van der Waals surface area (Å²) in [5.74, 6) is -0.197. The third-order valence-electron chi connectivity index (χ3n) is 2.16. The molecule has 0 atom stereocenters. The average Bonchev–Trinajstić information content (AvgIpc) is 2.68. The van der Waals surface area contributed by atoms with Crippen molar-refractivity contribution in [2.45, 2.75) is 6.54 Å². The number of nitrogens with zero attached hydrogens (tertiary/aromatic N) is 2. The second-order valence-electron chi connectivity index (χ2n) is 3.40. The van der Waals surface area contributed by atoms with Gasteiger partial charge < -0.3 is 4.90 Å². The Morgan fingerprint density at radius 1 is 1.44 bits per heavy atom. The van der Waals surface area contributed by atoms with E-state index in [1.165, 1.54) is 17.4 Å². The van der Waals surface area contributed by atoms with Crippen LogP contribution in [0.15, 0.2) is 29.6 Å². The summed E-state index contributed by atoms with van der Waals surface area (Å²) in [5.41, 5.74) is 0.649. The van der Waals surface area contributed by atoms with E-state index in [2.05, 4.69) is 4.98 Å². The fourth-order valence-electron chi connectivity index (χ4n) is 1.37. The first-order valence-electron chi connectivity index (χ1n) is 4.72. The molecule has 0 N–H and O–H groups in total. The number of thiazole rings is 1. The molecule has 1 heterocycles. The van der Waals surface area contributed by atoms with Gasteiger partial charge in [-0.2, -0.15) is 0 Å². The van der Waals surface area contributed by atoms with Gasteiger partial charge in [0.1, 0.15) is 11.0 Å². The van der Waals surface area contributed by atoms with Crippen LogP contribution in [0, 0.1) is 5.82 Å². The summed E-state index contributed by atoms with van der Waals surface area (Å²) in [6, 6.07) is 6.72. The van der Waals surface area contributed by atoms with E-state index in [4.69, 9.17) is 11.6 Å². The molecule has 2 nitrogen and oxygen atoms in total. The maximum atomic E-state index is 13.4. The van der Waals surface area contributed by atoms with Gasteiger partial charge in [-0.3, -0.25) is 0 Å². The number of anilines is 1. The highest BCUT2D eigenvalue weighted by atomic mass is 35.5. The lowest BCUT2D eigenvalue weighted by Crippen LogP contribution is -2.16. The van der Waals surface area contributed by atoms with E-state index < -0.39 is 0 Å². The van der Waals surface area contributed by atoms with Crippen LogP contribution in [-0.2, 0) is 6.54 Å². The van der Waals surface area contributed by atoms with Crippen molar-refractivity contribution < 1.29 is 4.39 Å². The number of halogens is 2. The quantitative estimate of drug-likeness (QED) is 0.835. The molecule has 1 aromatic heterocycles. The third-order valence-corrected chi connectivity index (χ3v) is 3.43. The van der Waals surface area contributed by atoms with E-state index in [-0.39, 0.29) is 5.82 Å². The molecule has 1 aromatic carbocycles. The van der Waals surface area contributed by atoms with Gasteiger partial charge in [0.2, 0.25) is 0 Å². The molecule has 0 spiro atoms. The third kappa shape index (κ3) is 2.51. The predicted octanol–water partition coefficient (Wildman–Crippen LogP) is 3.57. The maximum absolute atomic E-state index is 13.4. The summed E-state index contributed by atoms with van der Waals surface area (Å²) in [4.78, 5) is 5.99. The number of hydrogen-bond acceptors (Lipinski definition) is 3. The molecular weight excluding hydrogens is 247 g/mol. The lowest BCUT2D eigenvalue weighted by Gasteiger charge is -2.15. The van der Waals surface area contributed by atoms with Gasteiger partial charge >= 0.3 is 0 Å². The molecule has 2 rings (SSSR count). The van der Waals surface area contributed by atoms with Crippen molar-refractivity contribution in [2.75, 3.05) is 11.9 Å². The number of aromatic nitrogens is 1. The van der Waals surface area contributed by atoms with Gasteiger partial charge in [0.15, 0.2) is 5.13 Å². The summed E-state index contributed by atoms with van der Waals surface area (Å²) in [6.45, 7) is 0.483. The van der Waals surface area contributed by atoms with Gasteiger partial charge in [0, 0.05) is 24.5 Å². The Morgan fingerprint density at radius 2 is 2.19 bits per heavy atom. The summed E-state index contributed by atoms with van der Waals surface area (Å²) in [5, 5.41) is 3.02. The van der Waals surface area contributed by atoms with Crippen molar-refractivity contribution in [3.8, 4) is 0 Å². The molecule has 0 amide bonds. The minimum Gasteiger partial charge on any atom is -0.347 e. The molecule has 0 radical (unpaired) electrons. The molecular formula is C11H10ClFN2S. The molecule has 0 aliphatic carbocycles. The van der Waals surface area contributed by atoms with Crippen LogP contribution in [0.25, 0.3) is 0 Å². The Balaban J connectivity index is 2.13. The van der Waals surface area contributed by atoms with Crippen LogP contribution >= 0.6 is 22.9 Å². The predicted molar refractivity (Wildman–Crippen MR) is 65.6 cm³/mol. The Bertz CT molecular complexity index is 486. The molecule has 5 heteroatoms. The van der Waals surface area contributed by atoms with Crippen LogP contribution in [0.4, 0.5) is 9.52 Å². The molecule has 2 aromatic rings. The van der Waals surface area contributed by atoms with Crippen LogP contribution in [0.1, 0.15) is 5.56 Å². The highest BCUT2D eigenvalue weighted by Crippen LogP contribution is 2.23. The zero-order valence-corrected chi connectivity index (χ0v) is 10.2. The van der Waals surface area contributed by atoms with Gasteiger partial charge in [-0.05, 0) is 6.07 Å². The van der Waals surface area contributed by atoms with Gasteiger partial charge in [0.25, 0.3) is 0 Å². The highest BCUT2D eigenvalue weighted by Gasteiger charge is 2.08. The van der Waals surface area contributed by atoms with Crippen LogP contribution < -0.4 is 4.90 Å². The largest absolute Gasteiger partial charge is 0.347 e. The standard InChI is InChI=1S/C11H10ClFN2S/c1-15(11-14-10(12)7-16-11)6-8-4-2-3-5-9(8)13/h2-5,7H,6H2,1H3. The summed E-state index contributed by atoms with van der Waals surface area (Å²) >= 11 is 7.18. The zero-order valence-electron chi connectivity index (χ0n) is 8.65. The number of benzene rings is 1. The molecule has 0 fully saturated rings. The first-order valence-corrected chi connectivity index (χ1v) is 5.98. The second-order valence-corrected chi connectivity index (χ2v) is 4.62. The van der Waals surface area contributed by atoms with Gasteiger partial charge in [-0.15, -0.1) is 11.3 Å². The molecule has 0 bridgehead atoms. The van der Waals surface area contributed by atoms with Crippen molar-refractivity contribution in [1.82, 2.24) is 4.98 Å². The zero-order chi connectivity index (χ0) is 11.5. The van der Waals surface area contributed by atoms with Crippen molar-refractivity contribution in [3.05, 3.63) is 46.2 Å². The van der Waals surface area contributed by atoms with E-state index in [1.54, 1.807) is 17.5 Å². The maximum Gasteiger partial charge on any atom is 0.186 e. The van der Waals surface area contributed by atoms with Crippen molar-refractivity contribution in [2.24, 2.45) is 0 Å². The first kappa shape index (κ1) is 11.4.